The fourth-order valence-corrected chi connectivity index (χ4v) is 3.91. The van der Waals surface area contributed by atoms with Gasteiger partial charge >= 0.3 is 5.97 Å². The SMILES string of the molecule is COc1ccc(C(=O)Nc2ccccc2C(=O)N/N=C\c2cc(Br)ccc2OC(=O)/C=C/c2ccccc2)cc1. The molecule has 0 aromatic heterocycles. The first-order valence-corrected chi connectivity index (χ1v) is 12.8. The smallest absolute Gasteiger partial charge is 0.336 e. The standard InChI is InChI=1S/C31H24BrN3O5/c1-39-25-15-12-22(13-16-25)30(37)34-27-10-6-5-9-26(27)31(38)35-33-20-23-19-24(32)14-17-28(23)40-29(36)18-11-21-7-3-2-4-8-21/h2-20H,1H3,(H,34,37)(H,35,38)/b18-11+,33-20-. The lowest BCUT2D eigenvalue weighted by atomic mass is 10.1. The number of anilines is 1. The van der Waals surface area contributed by atoms with Gasteiger partial charge in [-0.05, 0) is 66.2 Å². The van der Waals surface area contributed by atoms with Gasteiger partial charge in [-0.2, -0.15) is 5.10 Å². The molecule has 40 heavy (non-hydrogen) atoms. The predicted molar refractivity (Wildman–Crippen MR) is 158 cm³/mol. The fraction of sp³-hybridized carbons (Fsp3) is 0.0323. The summed E-state index contributed by atoms with van der Waals surface area (Å²) in [6.45, 7) is 0. The van der Waals surface area contributed by atoms with E-state index in [9.17, 15) is 14.4 Å². The van der Waals surface area contributed by atoms with Gasteiger partial charge in [0.25, 0.3) is 11.8 Å². The number of amides is 2. The Labute approximate surface area is 239 Å². The highest BCUT2D eigenvalue weighted by Gasteiger charge is 2.14. The number of benzene rings is 4. The summed E-state index contributed by atoms with van der Waals surface area (Å²) >= 11 is 3.39. The normalized spacial score (nSPS) is 10.8. The van der Waals surface area contributed by atoms with Crippen molar-refractivity contribution in [2.24, 2.45) is 5.10 Å². The molecule has 0 aliphatic rings. The maximum absolute atomic E-state index is 12.9. The van der Waals surface area contributed by atoms with Crippen molar-refractivity contribution in [3.05, 3.63) is 130 Å². The lowest BCUT2D eigenvalue weighted by molar-refractivity contribution is -0.128. The minimum atomic E-state index is -0.564. The number of carbonyl (C=O) groups is 3. The van der Waals surface area contributed by atoms with Gasteiger partial charge < -0.3 is 14.8 Å². The van der Waals surface area contributed by atoms with Gasteiger partial charge in [0.1, 0.15) is 11.5 Å². The molecular weight excluding hydrogens is 574 g/mol. The lowest BCUT2D eigenvalue weighted by Gasteiger charge is -2.10. The Morgan fingerprint density at radius 3 is 2.33 bits per heavy atom. The van der Waals surface area contributed by atoms with Crippen molar-refractivity contribution in [2.75, 3.05) is 12.4 Å². The van der Waals surface area contributed by atoms with Crippen molar-refractivity contribution >= 4 is 51.7 Å². The molecule has 0 aliphatic carbocycles. The van der Waals surface area contributed by atoms with Crippen molar-refractivity contribution in [3.8, 4) is 11.5 Å². The zero-order valence-electron chi connectivity index (χ0n) is 21.3. The fourth-order valence-electron chi connectivity index (χ4n) is 3.53. The largest absolute Gasteiger partial charge is 0.497 e. The maximum Gasteiger partial charge on any atom is 0.336 e. The van der Waals surface area contributed by atoms with Crippen LogP contribution < -0.4 is 20.2 Å². The molecule has 0 unspecified atom stereocenters. The molecule has 4 aromatic carbocycles. The molecule has 2 amide bonds. The van der Waals surface area contributed by atoms with Gasteiger partial charge in [0.05, 0.1) is 24.6 Å². The van der Waals surface area contributed by atoms with Crippen LogP contribution in [0.1, 0.15) is 31.8 Å². The number of para-hydroxylation sites is 1. The summed E-state index contributed by atoms with van der Waals surface area (Å²) in [5.41, 5.74) is 4.71. The quantitative estimate of drug-likeness (QED) is 0.0798. The van der Waals surface area contributed by atoms with Crippen LogP contribution in [0, 0.1) is 0 Å². The van der Waals surface area contributed by atoms with Crippen LogP contribution in [0.15, 0.2) is 113 Å². The Morgan fingerprint density at radius 2 is 1.57 bits per heavy atom. The summed E-state index contributed by atoms with van der Waals surface area (Å²) in [6.07, 6.45) is 4.35. The van der Waals surface area contributed by atoms with Crippen molar-refractivity contribution < 1.29 is 23.9 Å². The van der Waals surface area contributed by atoms with Crippen LogP contribution in [0.2, 0.25) is 0 Å². The Morgan fingerprint density at radius 1 is 0.850 bits per heavy atom. The molecule has 200 valence electrons. The van der Waals surface area contributed by atoms with E-state index >= 15 is 0 Å². The molecule has 0 atom stereocenters. The van der Waals surface area contributed by atoms with E-state index in [1.807, 2.05) is 30.3 Å². The molecule has 4 rings (SSSR count). The van der Waals surface area contributed by atoms with Crippen LogP contribution in [0.4, 0.5) is 5.69 Å². The van der Waals surface area contributed by atoms with Gasteiger partial charge in [0.15, 0.2) is 0 Å². The van der Waals surface area contributed by atoms with E-state index in [0.717, 1.165) is 10.0 Å². The third-order valence-corrected chi connectivity index (χ3v) is 6.03. The highest BCUT2D eigenvalue weighted by Crippen LogP contribution is 2.23. The topological polar surface area (TPSA) is 106 Å². The van der Waals surface area contributed by atoms with Crippen molar-refractivity contribution in [1.82, 2.24) is 5.43 Å². The molecule has 0 saturated heterocycles. The van der Waals surface area contributed by atoms with Gasteiger partial charge in [0, 0.05) is 21.7 Å². The summed E-state index contributed by atoms with van der Waals surface area (Å²) in [5, 5.41) is 6.79. The summed E-state index contributed by atoms with van der Waals surface area (Å²) in [6, 6.07) is 27.6. The molecule has 0 aliphatic heterocycles. The molecule has 2 N–H and O–H groups in total. The summed E-state index contributed by atoms with van der Waals surface area (Å²) < 4.78 is 11.3. The van der Waals surface area contributed by atoms with E-state index in [2.05, 4.69) is 31.8 Å². The molecule has 0 spiro atoms. The number of carbonyl (C=O) groups excluding carboxylic acids is 3. The van der Waals surface area contributed by atoms with Crippen LogP contribution in [0.3, 0.4) is 0 Å². The number of hydrogen-bond acceptors (Lipinski definition) is 6. The van der Waals surface area contributed by atoms with Crippen LogP contribution in [-0.2, 0) is 4.79 Å². The Hall–Kier alpha value is -5.02. The lowest BCUT2D eigenvalue weighted by Crippen LogP contribution is -2.21. The first-order valence-electron chi connectivity index (χ1n) is 12.1. The minimum Gasteiger partial charge on any atom is -0.497 e. The second kappa shape index (κ2) is 13.7. The Balaban J connectivity index is 1.43. The zero-order valence-corrected chi connectivity index (χ0v) is 22.9. The molecule has 9 heteroatoms. The first-order chi connectivity index (χ1) is 19.4. The van der Waals surface area contributed by atoms with Gasteiger partial charge in [0.2, 0.25) is 0 Å². The number of nitrogens with one attached hydrogen (secondary N) is 2. The molecule has 0 fully saturated rings. The van der Waals surface area contributed by atoms with Crippen LogP contribution in [0.5, 0.6) is 11.5 Å². The average molecular weight is 598 g/mol. The number of rotatable bonds is 9. The molecule has 8 nitrogen and oxygen atoms in total. The van der Waals surface area contributed by atoms with Crippen LogP contribution in [0.25, 0.3) is 6.08 Å². The second-order valence-electron chi connectivity index (χ2n) is 8.27. The minimum absolute atomic E-state index is 0.216. The highest BCUT2D eigenvalue weighted by atomic mass is 79.9. The molecular formula is C31H24BrN3O5. The van der Waals surface area contributed by atoms with E-state index in [-0.39, 0.29) is 17.2 Å². The van der Waals surface area contributed by atoms with E-state index in [4.69, 9.17) is 9.47 Å². The van der Waals surface area contributed by atoms with Crippen LogP contribution in [-0.4, -0.2) is 31.1 Å². The van der Waals surface area contributed by atoms with E-state index in [0.29, 0.717) is 22.6 Å². The zero-order chi connectivity index (χ0) is 28.3. The predicted octanol–water partition coefficient (Wildman–Crippen LogP) is 6.09. The number of methoxy groups -OCH3 is 1. The highest BCUT2D eigenvalue weighted by molar-refractivity contribution is 9.10. The number of nitrogens with zero attached hydrogens (tertiary/aromatic N) is 1. The number of hydrogen-bond donors (Lipinski definition) is 2. The Kier molecular flexibility index (Phi) is 9.58. The molecule has 0 bridgehead atoms. The van der Waals surface area contributed by atoms with Crippen molar-refractivity contribution in [2.45, 2.75) is 0 Å². The third-order valence-electron chi connectivity index (χ3n) is 5.54. The second-order valence-corrected chi connectivity index (χ2v) is 9.19. The van der Waals surface area contributed by atoms with E-state index in [1.165, 1.54) is 12.3 Å². The summed E-state index contributed by atoms with van der Waals surface area (Å²) in [5.74, 6) is -0.599. The third kappa shape index (κ3) is 7.75. The molecule has 0 radical (unpaired) electrons. The molecule has 0 heterocycles. The number of halogens is 1. The molecule has 4 aromatic rings. The summed E-state index contributed by atoms with van der Waals surface area (Å²) in [4.78, 5) is 38.0. The first kappa shape index (κ1) is 28.0. The number of esters is 1. The van der Waals surface area contributed by atoms with Gasteiger partial charge in [-0.15, -0.1) is 0 Å². The van der Waals surface area contributed by atoms with E-state index in [1.54, 1.807) is 79.9 Å². The van der Waals surface area contributed by atoms with Crippen molar-refractivity contribution in [3.63, 3.8) is 0 Å². The number of ether oxygens (including phenoxy) is 2. The number of hydrazone groups is 1. The van der Waals surface area contributed by atoms with Crippen LogP contribution >= 0.6 is 15.9 Å². The van der Waals surface area contributed by atoms with Gasteiger partial charge in [-0.3, -0.25) is 9.59 Å². The summed E-state index contributed by atoms with van der Waals surface area (Å²) in [7, 11) is 1.54. The van der Waals surface area contributed by atoms with E-state index < -0.39 is 11.9 Å². The van der Waals surface area contributed by atoms with Gasteiger partial charge in [-0.1, -0.05) is 58.4 Å². The Bertz CT molecular complexity index is 1570. The monoisotopic (exact) mass is 597 g/mol. The molecule has 0 saturated carbocycles. The van der Waals surface area contributed by atoms with Gasteiger partial charge in [-0.25, -0.2) is 10.2 Å². The average Bonchev–Trinajstić information content (AvgIpc) is 2.98. The van der Waals surface area contributed by atoms with Crippen molar-refractivity contribution in [1.29, 1.82) is 0 Å². The maximum atomic E-state index is 12.9.